The van der Waals surface area contributed by atoms with Gasteiger partial charge in [0.25, 0.3) is 0 Å². The maximum absolute atomic E-state index is 5.63. The summed E-state index contributed by atoms with van der Waals surface area (Å²) in [6.07, 6.45) is 4.06. The van der Waals surface area contributed by atoms with Crippen molar-refractivity contribution in [3.8, 4) is 11.6 Å². The molecule has 72 valence electrons. The fourth-order valence-corrected chi connectivity index (χ4v) is 1.26. The Morgan fingerprint density at radius 3 is 2.71 bits per heavy atom. The van der Waals surface area contributed by atoms with Gasteiger partial charge in [-0.05, 0) is 12.5 Å². The summed E-state index contributed by atoms with van der Waals surface area (Å²) in [5.41, 5.74) is 6.49. The number of hydrogen-bond donors (Lipinski definition) is 1. The highest BCUT2D eigenvalue weighted by molar-refractivity contribution is 5.59. The van der Waals surface area contributed by atoms with Gasteiger partial charge in [-0.25, -0.2) is 9.97 Å². The van der Waals surface area contributed by atoms with Crippen molar-refractivity contribution in [2.75, 3.05) is 5.73 Å². The van der Waals surface area contributed by atoms with Crippen LogP contribution < -0.4 is 5.73 Å². The van der Waals surface area contributed by atoms with Crippen LogP contribution in [-0.4, -0.2) is 15.1 Å². The molecule has 0 atom stereocenters. The van der Waals surface area contributed by atoms with Gasteiger partial charge >= 0.3 is 0 Å². The molecule has 0 saturated carbocycles. The first-order chi connectivity index (χ1) is 6.83. The SMILES string of the molecule is CCc1c(N)noc1-c1ncccn1. The van der Waals surface area contributed by atoms with E-state index in [-0.39, 0.29) is 0 Å². The molecule has 0 saturated heterocycles. The molecule has 0 radical (unpaired) electrons. The minimum absolute atomic E-state index is 0.412. The third-order valence-electron chi connectivity index (χ3n) is 1.94. The summed E-state index contributed by atoms with van der Waals surface area (Å²) < 4.78 is 5.07. The summed E-state index contributed by atoms with van der Waals surface area (Å²) >= 11 is 0. The Morgan fingerprint density at radius 1 is 1.36 bits per heavy atom. The number of nitrogens with zero attached hydrogens (tertiary/aromatic N) is 3. The van der Waals surface area contributed by atoms with Gasteiger partial charge in [0, 0.05) is 18.0 Å². The van der Waals surface area contributed by atoms with Crippen LogP contribution in [0.1, 0.15) is 12.5 Å². The molecule has 0 aromatic carbocycles. The number of anilines is 1. The Balaban J connectivity index is 2.52. The molecule has 0 aliphatic carbocycles. The van der Waals surface area contributed by atoms with E-state index in [1.165, 1.54) is 0 Å². The second kappa shape index (κ2) is 3.45. The average molecular weight is 190 g/mol. The van der Waals surface area contributed by atoms with E-state index in [4.69, 9.17) is 10.3 Å². The fourth-order valence-electron chi connectivity index (χ4n) is 1.26. The molecule has 2 rings (SSSR count). The van der Waals surface area contributed by atoms with Gasteiger partial charge in [-0.15, -0.1) is 0 Å². The minimum atomic E-state index is 0.412. The lowest BCUT2D eigenvalue weighted by Crippen LogP contribution is -1.93. The molecule has 2 N–H and O–H groups in total. The molecular weight excluding hydrogens is 180 g/mol. The summed E-state index contributed by atoms with van der Waals surface area (Å²) in [6.45, 7) is 1.98. The van der Waals surface area contributed by atoms with Crippen molar-refractivity contribution in [2.45, 2.75) is 13.3 Å². The molecule has 0 unspecified atom stereocenters. The van der Waals surface area contributed by atoms with E-state index in [0.717, 1.165) is 12.0 Å². The number of hydrogen-bond acceptors (Lipinski definition) is 5. The summed E-state index contributed by atoms with van der Waals surface area (Å²) in [7, 11) is 0. The van der Waals surface area contributed by atoms with Crippen molar-refractivity contribution in [3.05, 3.63) is 24.0 Å². The van der Waals surface area contributed by atoms with E-state index in [1.54, 1.807) is 18.5 Å². The van der Waals surface area contributed by atoms with E-state index in [2.05, 4.69) is 15.1 Å². The summed E-state index contributed by atoms with van der Waals surface area (Å²) in [5, 5.41) is 3.69. The van der Waals surface area contributed by atoms with E-state index >= 15 is 0 Å². The van der Waals surface area contributed by atoms with Gasteiger partial charge in [-0.3, -0.25) is 0 Å². The van der Waals surface area contributed by atoms with E-state index in [1.807, 2.05) is 6.92 Å². The average Bonchev–Trinajstić information content (AvgIpc) is 2.61. The first-order valence-electron chi connectivity index (χ1n) is 4.34. The van der Waals surface area contributed by atoms with Crippen molar-refractivity contribution in [2.24, 2.45) is 0 Å². The van der Waals surface area contributed by atoms with Gasteiger partial charge in [-0.2, -0.15) is 0 Å². The van der Waals surface area contributed by atoms with Crippen LogP contribution in [0.5, 0.6) is 0 Å². The van der Waals surface area contributed by atoms with Gasteiger partial charge in [0.15, 0.2) is 11.6 Å². The predicted octanol–water partition coefficient (Wildman–Crippen LogP) is 1.28. The molecule has 14 heavy (non-hydrogen) atoms. The second-order valence-electron chi connectivity index (χ2n) is 2.80. The maximum Gasteiger partial charge on any atom is 0.209 e. The molecule has 5 nitrogen and oxygen atoms in total. The monoisotopic (exact) mass is 190 g/mol. The smallest absolute Gasteiger partial charge is 0.209 e. The van der Waals surface area contributed by atoms with Crippen molar-refractivity contribution < 1.29 is 4.52 Å². The molecule has 5 heteroatoms. The van der Waals surface area contributed by atoms with E-state index < -0.39 is 0 Å². The van der Waals surface area contributed by atoms with E-state index in [0.29, 0.717) is 17.4 Å². The zero-order valence-corrected chi connectivity index (χ0v) is 7.77. The lowest BCUT2D eigenvalue weighted by atomic mass is 10.2. The molecule has 0 spiro atoms. The van der Waals surface area contributed by atoms with Crippen LogP contribution >= 0.6 is 0 Å². The summed E-state index contributed by atoms with van der Waals surface area (Å²) in [5.74, 6) is 1.49. The highest BCUT2D eigenvalue weighted by Crippen LogP contribution is 2.24. The third kappa shape index (κ3) is 1.32. The Morgan fingerprint density at radius 2 is 2.07 bits per heavy atom. The van der Waals surface area contributed by atoms with Crippen LogP contribution in [0.2, 0.25) is 0 Å². The molecule has 0 bridgehead atoms. The number of rotatable bonds is 2. The quantitative estimate of drug-likeness (QED) is 0.771. The number of nitrogen functional groups attached to an aromatic ring is 1. The standard InChI is InChI=1S/C9H10N4O/c1-2-6-7(14-13-8(6)10)9-11-4-3-5-12-9/h3-5H,2H2,1H3,(H2,10,13). The van der Waals surface area contributed by atoms with Crippen LogP contribution in [0.25, 0.3) is 11.6 Å². The Kier molecular flexibility index (Phi) is 2.14. The molecular formula is C9H10N4O. The van der Waals surface area contributed by atoms with Crippen molar-refractivity contribution >= 4 is 5.82 Å². The Hall–Kier alpha value is -1.91. The van der Waals surface area contributed by atoms with E-state index in [9.17, 15) is 0 Å². The third-order valence-corrected chi connectivity index (χ3v) is 1.94. The Labute approximate surface area is 81.0 Å². The summed E-state index contributed by atoms with van der Waals surface area (Å²) in [4.78, 5) is 8.14. The molecule has 0 amide bonds. The lowest BCUT2D eigenvalue weighted by molar-refractivity contribution is 0.432. The minimum Gasteiger partial charge on any atom is -0.381 e. The lowest BCUT2D eigenvalue weighted by Gasteiger charge is -1.95. The topological polar surface area (TPSA) is 77.8 Å². The number of nitrogens with two attached hydrogens (primary N) is 1. The highest BCUT2D eigenvalue weighted by Gasteiger charge is 2.15. The summed E-state index contributed by atoms with van der Waals surface area (Å²) in [6, 6.07) is 1.74. The van der Waals surface area contributed by atoms with Crippen molar-refractivity contribution in [1.29, 1.82) is 0 Å². The Bertz CT molecular complexity index is 424. The van der Waals surface area contributed by atoms with Crippen LogP contribution in [-0.2, 0) is 6.42 Å². The van der Waals surface area contributed by atoms with Gasteiger partial charge in [-0.1, -0.05) is 12.1 Å². The zero-order valence-electron chi connectivity index (χ0n) is 7.77. The van der Waals surface area contributed by atoms with Crippen LogP contribution in [0.3, 0.4) is 0 Å². The molecule has 0 fully saturated rings. The largest absolute Gasteiger partial charge is 0.381 e. The van der Waals surface area contributed by atoms with Gasteiger partial charge in [0.1, 0.15) is 0 Å². The van der Waals surface area contributed by atoms with Gasteiger partial charge in [0.05, 0.1) is 0 Å². The van der Waals surface area contributed by atoms with Gasteiger partial charge < -0.3 is 10.3 Å². The van der Waals surface area contributed by atoms with Crippen molar-refractivity contribution in [1.82, 2.24) is 15.1 Å². The normalized spacial score (nSPS) is 10.4. The maximum atomic E-state index is 5.63. The highest BCUT2D eigenvalue weighted by atomic mass is 16.5. The van der Waals surface area contributed by atoms with Gasteiger partial charge in [0.2, 0.25) is 5.76 Å². The molecule has 0 aliphatic heterocycles. The second-order valence-corrected chi connectivity index (χ2v) is 2.80. The molecule has 2 heterocycles. The van der Waals surface area contributed by atoms with Crippen LogP contribution in [0.4, 0.5) is 5.82 Å². The first-order valence-corrected chi connectivity index (χ1v) is 4.34. The fraction of sp³-hybridized carbons (Fsp3) is 0.222. The van der Waals surface area contributed by atoms with Crippen LogP contribution in [0, 0.1) is 0 Å². The van der Waals surface area contributed by atoms with Crippen molar-refractivity contribution in [3.63, 3.8) is 0 Å². The molecule has 2 aromatic heterocycles. The molecule has 0 aliphatic rings. The first kappa shape index (κ1) is 8.68. The predicted molar refractivity (Wildman–Crippen MR) is 51.3 cm³/mol. The zero-order chi connectivity index (χ0) is 9.97. The van der Waals surface area contributed by atoms with Crippen LogP contribution in [0.15, 0.2) is 23.0 Å². The molecule has 2 aromatic rings. The number of aromatic nitrogens is 3.